The number of hydrogen-bond donors (Lipinski definition) is 1. The summed E-state index contributed by atoms with van der Waals surface area (Å²) in [6.07, 6.45) is 0. The number of nitrogens with zero attached hydrogens (tertiary/aromatic N) is 1. The van der Waals surface area contributed by atoms with Crippen molar-refractivity contribution in [2.45, 2.75) is 25.7 Å². The number of benzene rings is 1. The third kappa shape index (κ3) is 3.71. The lowest BCUT2D eigenvalue weighted by atomic mass is 10.2. The maximum absolute atomic E-state index is 12.6. The van der Waals surface area contributed by atoms with Crippen LogP contribution in [0.1, 0.15) is 27.0 Å². The molecular formula is C18H18N2OS3. The van der Waals surface area contributed by atoms with Crippen LogP contribution in [0.4, 0.5) is 5.13 Å². The first-order chi connectivity index (χ1) is 11.6. The van der Waals surface area contributed by atoms with Crippen molar-refractivity contribution in [2.24, 2.45) is 0 Å². The summed E-state index contributed by atoms with van der Waals surface area (Å²) >= 11 is 4.90. The molecule has 1 aromatic carbocycles. The van der Waals surface area contributed by atoms with E-state index in [1.165, 1.54) is 21.1 Å². The van der Waals surface area contributed by atoms with Gasteiger partial charge in [0.05, 0.1) is 11.3 Å². The van der Waals surface area contributed by atoms with Gasteiger partial charge >= 0.3 is 0 Å². The smallest absolute Gasteiger partial charge is 0.258 e. The first-order valence-electron chi connectivity index (χ1n) is 7.64. The number of hydrogen-bond acceptors (Lipinski definition) is 5. The van der Waals surface area contributed by atoms with Crippen molar-refractivity contribution in [3.05, 3.63) is 51.0 Å². The molecule has 3 nitrogen and oxygen atoms in total. The van der Waals surface area contributed by atoms with E-state index in [1.807, 2.05) is 29.6 Å². The van der Waals surface area contributed by atoms with Crippen molar-refractivity contribution in [2.75, 3.05) is 11.1 Å². The molecule has 0 bridgehead atoms. The Morgan fingerprint density at radius 3 is 2.79 bits per heavy atom. The zero-order chi connectivity index (χ0) is 17.1. The second kappa shape index (κ2) is 7.51. The molecule has 124 valence electrons. The van der Waals surface area contributed by atoms with E-state index >= 15 is 0 Å². The normalized spacial score (nSPS) is 10.8. The van der Waals surface area contributed by atoms with Gasteiger partial charge in [-0.2, -0.15) is 0 Å². The molecule has 0 aliphatic carbocycles. The van der Waals surface area contributed by atoms with Crippen LogP contribution in [0.3, 0.4) is 0 Å². The van der Waals surface area contributed by atoms with Gasteiger partial charge in [-0.25, -0.2) is 4.98 Å². The van der Waals surface area contributed by atoms with Gasteiger partial charge in [-0.3, -0.25) is 10.1 Å². The largest absolute Gasteiger partial charge is 0.298 e. The topological polar surface area (TPSA) is 42.0 Å². The molecule has 0 unspecified atom stereocenters. The number of aryl methyl sites for hydroxylation is 2. The number of amides is 1. The molecule has 0 radical (unpaired) electrons. The lowest BCUT2D eigenvalue weighted by Crippen LogP contribution is -2.12. The van der Waals surface area contributed by atoms with Gasteiger partial charge in [0, 0.05) is 25.6 Å². The van der Waals surface area contributed by atoms with Crippen molar-refractivity contribution in [3.63, 3.8) is 0 Å². The minimum atomic E-state index is -0.106. The summed E-state index contributed by atoms with van der Waals surface area (Å²) in [5, 5.41) is 5.56. The Kier molecular flexibility index (Phi) is 5.38. The summed E-state index contributed by atoms with van der Waals surface area (Å²) in [6.45, 7) is 6.28. The number of thiophene rings is 1. The van der Waals surface area contributed by atoms with Gasteiger partial charge in [-0.1, -0.05) is 19.1 Å². The first-order valence-corrected chi connectivity index (χ1v) is 10.3. The van der Waals surface area contributed by atoms with Gasteiger partial charge in [-0.15, -0.1) is 34.4 Å². The zero-order valence-electron chi connectivity index (χ0n) is 13.8. The lowest BCUT2D eigenvalue weighted by molar-refractivity contribution is 0.102. The monoisotopic (exact) mass is 374 g/mol. The molecule has 3 aromatic rings. The van der Waals surface area contributed by atoms with Crippen molar-refractivity contribution in [1.29, 1.82) is 0 Å². The van der Waals surface area contributed by atoms with E-state index in [2.05, 4.69) is 37.1 Å². The van der Waals surface area contributed by atoms with Crippen LogP contribution >= 0.6 is 34.4 Å². The van der Waals surface area contributed by atoms with Gasteiger partial charge in [0.2, 0.25) is 0 Å². The number of thiazole rings is 1. The molecule has 6 heteroatoms. The van der Waals surface area contributed by atoms with Crippen LogP contribution in [0.5, 0.6) is 0 Å². The second-order valence-corrected chi connectivity index (χ2v) is 8.87. The van der Waals surface area contributed by atoms with Crippen LogP contribution in [-0.4, -0.2) is 16.6 Å². The maximum Gasteiger partial charge on any atom is 0.258 e. The highest BCUT2D eigenvalue weighted by atomic mass is 32.2. The van der Waals surface area contributed by atoms with Crippen LogP contribution in [0, 0.1) is 13.8 Å². The first kappa shape index (κ1) is 17.2. The van der Waals surface area contributed by atoms with E-state index < -0.39 is 0 Å². The number of thioether (sulfide) groups is 1. The van der Waals surface area contributed by atoms with Crippen LogP contribution in [0.2, 0.25) is 0 Å². The molecular weight excluding hydrogens is 356 g/mol. The highest BCUT2D eigenvalue weighted by Crippen LogP contribution is 2.33. The molecule has 1 amide bonds. The Bertz CT molecular complexity index is 867. The number of nitrogens with one attached hydrogen (secondary N) is 1. The molecule has 0 fully saturated rings. The van der Waals surface area contributed by atoms with Gasteiger partial charge in [0.15, 0.2) is 5.13 Å². The summed E-state index contributed by atoms with van der Waals surface area (Å²) in [5.41, 5.74) is 2.77. The van der Waals surface area contributed by atoms with Crippen molar-refractivity contribution in [3.8, 4) is 11.3 Å². The quantitative estimate of drug-likeness (QED) is 0.569. The third-order valence-electron chi connectivity index (χ3n) is 3.47. The minimum Gasteiger partial charge on any atom is -0.298 e. The fraction of sp³-hybridized carbons (Fsp3) is 0.222. The van der Waals surface area contributed by atoms with Gasteiger partial charge in [0.25, 0.3) is 5.91 Å². The number of aromatic nitrogens is 1. The molecule has 0 saturated carbocycles. The Balaban J connectivity index is 1.80. The lowest BCUT2D eigenvalue weighted by Gasteiger charge is -2.07. The zero-order valence-corrected chi connectivity index (χ0v) is 16.2. The highest BCUT2D eigenvalue weighted by molar-refractivity contribution is 7.99. The minimum absolute atomic E-state index is 0.106. The summed E-state index contributed by atoms with van der Waals surface area (Å²) in [7, 11) is 0. The fourth-order valence-corrected chi connectivity index (χ4v) is 4.88. The molecule has 1 N–H and O–H groups in total. The fourth-order valence-electron chi connectivity index (χ4n) is 2.44. The Hall–Kier alpha value is -1.63. The predicted octanol–water partition coefficient (Wildman–Crippen LogP) is 5.85. The number of carbonyl (C=O) groups excluding carboxylic acids is 1. The Morgan fingerprint density at radius 2 is 2.08 bits per heavy atom. The van der Waals surface area contributed by atoms with Crippen LogP contribution in [0.25, 0.3) is 11.3 Å². The van der Waals surface area contributed by atoms with Gasteiger partial charge < -0.3 is 0 Å². The predicted molar refractivity (Wildman–Crippen MR) is 106 cm³/mol. The standard InChI is InChI=1S/C18H18N2OS3/c1-4-22-16-8-6-5-7-13(16)17(21)20-18-19-15(10-23-18)14-9-11(2)24-12(14)3/h5-10H,4H2,1-3H3,(H,19,20,21). The molecule has 3 rings (SSSR count). The average Bonchev–Trinajstić information content (AvgIpc) is 3.14. The van der Waals surface area contributed by atoms with Crippen molar-refractivity contribution >= 4 is 45.5 Å². The molecule has 0 spiro atoms. The Labute approximate surface area is 154 Å². The number of rotatable bonds is 5. The molecule has 24 heavy (non-hydrogen) atoms. The van der Waals surface area contributed by atoms with E-state index in [4.69, 9.17) is 0 Å². The molecule has 2 aromatic heterocycles. The summed E-state index contributed by atoms with van der Waals surface area (Å²) < 4.78 is 0. The van der Waals surface area contributed by atoms with Crippen molar-refractivity contribution in [1.82, 2.24) is 4.98 Å². The molecule has 0 aliphatic heterocycles. The Morgan fingerprint density at radius 1 is 1.29 bits per heavy atom. The maximum atomic E-state index is 12.6. The van der Waals surface area contributed by atoms with E-state index in [0.29, 0.717) is 10.7 Å². The SMILES string of the molecule is CCSc1ccccc1C(=O)Nc1nc(-c2cc(C)sc2C)cs1. The van der Waals surface area contributed by atoms with Crippen molar-refractivity contribution < 1.29 is 4.79 Å². The number of anilines is 1. The van der Waals surface area contributed by atoms with E-state index in [1.54, 1.807) is 23.1 Å². The highest BCUT2D eigenvalue weighted by Gasteiger charge is 2.14. The van der Waals surface area contributed by atoms with Crippen LogP contribution in [0.15, 0.2) is 40.6 Å². The van der Waals surface area contributed by atoms with Crippen LogP contribution in [-0.2, 0) is 0 Å². The second-order valence-electron chi connectivity index (χ2n) is 5.25. The van der Waals surface area contributed by atoms with Crippen LogP contribution < -0.4 is 5.32 Å². The third-order valence-corrected chi connectivity index (χ3v) is 6.15. The summed E-state index contributed by atoms with van der Waals surface area (Å²) in [4.78, 5) is 20.7. The van der Waals surface area contributed by atoms with E-state index in [9.17, 15) is 4.79 Å². The molecule has 0 atom stereocenters. The molecule has 0 aliphatic rings. The summed E-state index contributed by atoms with van der Waals surface area (Å²) in [6, 6.07) is 9.83. The van der Waals surface area contributed by atoms with E-state index in [0.717, 1.165) is 21.9 Å². The average molecular weight is 375 g/mol. The number of carbonyl (C=O) groups is 1. The molecule has 0 saturated heterocycles. The molecule has 2 heterocycles. The van der Waals surface area contributed by atoms with Gasteiger partial charge in [-0.05, 0) is 37.8 Å². The summed E-state index contributed by atoms with van der Waals surface area (Å²) in [5.74, 6) is 0.827. The van der Waals surface area contributed by atoms with Gasteiger partial charge in [0.1, 0.15) is 0 Å². The van der Waals surface area contributed by atoms with E-state index in [-0.39, 0.29) is 5.91 Å².